The molecule has 2 aliphatic heterocycles. The number of ketones is 1. The maximum Gasteiger partial charge on any atom is 0.258 e. The van der Waals surface area contributed by atoms with Crippen molar-refractivity contribution in [2.24, 2.45) is 17.8 Å². The fourth-order valence-electron chi connectivity index (χ4n) is 7.90. The number of phenols is 1. The van der Waals surface area contributed by atoms with Gasteiger partial charge in [-0.25, -0.2) is 26.9 Å². The largest absolute Gasteiger partial charge is 0.508 e. The lowest BCUT2D eigenvalue weighted by Crippen LogP contribution is -2.60. The number of aryl methyl sites for hydroxylation is 1. The molecule has 258 valence electrons. The number of imide groups is 2. The third-order valence-electron chi connectivity index (χ3n) is 10.3. The first kappa shape index (κ1) is 33.9. The summed E-state index contributed by atoms with van der Waals surface area (Å²) in [6.07, 6.45) is 0.888. The number of alkyl halides is 2. The quantitative estimate of drug-likeness (QED) is 0.0635. The summed E-state index contributed by atoms with van der Waals surface area (Å²) in [4.78, 5) is 63.7. The van der Waals surface area contributed by atoms with Crippen molar-refractivity contribution in [3.05, 3.63) is 99.9 Å². The Labute approximate surface area is 290 Å². The van der Waals surface area contributed by atoms with Gasteiger partial charge in [0, 0.05) is 11.5 Å². The van der Waals surface area contributed by atoms with Crippen LogP contribution < -0.4 is 9.80 Å². The molecule has 3 fully saturated rings. The topological polar surface area (TPSA) is 112 Å². The zero-order chi connectivity index (χ0) is 36.4. The molecular formula is C35H23Cl2F5N2O6. The van der Waals surface area contributed by atoms with E-state index in [1.165, 1.54) is 56.3 Å². The molecule has 1 N–H and O–H groups in total. The van der Waals surface area contributed by atoms with Crippen LogP contribution in [0.1, 0.15) is 47.2 Å². The number of hydrogen-bond donors (Lipinski definition) is 1. The van der Waals surface area contributed by atoms with E-state index in [1.54, 1.807) is 6.08 Å². The van der Waals surface area contributed by atoms with Crippen molar-refractivity contribution in [2.45, 2.75) is 42.4 Å². The van der Waals surface area contributed by atoms with Crippen LogP contribution in [0.3, 0.4) is 0 Å². The number of phenolic OH excluding ortho intramolecular Hbond substituents is 1. The average molecular weight is 733 g/mol. The van der Waals surface area contributed by atoms with Crippen molar-refractivity contribution in [1.29, 1.82) is 0 Å². The molecular weight excluding hydrogens is 710 g/mol. The predicted molar refractivity (Wildman–Crippen MR) is 168 cm³/mol. The van der Waals surface area contributed by atoms with Gasteiger partial charge in [-0.3, -0.25) is 28.9 Å². The van der Waals surface area contributed by atoms with Crippen LogP contribution in [0.4, 0.5) is 33.3 Å². The van der Waals surface area contributed by atoms with E-state index >= 15 is 8.78 Å². The van der Waals surface area contributed by atoms with Crippen LogP contribution in [0, 0.1) is 53.8 Å². The molecule has 0 bridgehead atoms. The number of Topliss-reactive ketones (excluding diaryl/α,β-unsaturated/α-hetero) is 1. The summed E-state index contributed by atoms with van der Waals surface area (Å²) in [5, 5.41) is 10.3. The number of fused-ring (bicyclic) bond motifs is 4. The van der Waals surface area contributed by atoms with Crippen LogP contribution in [0.25, 0.3) is 0 Å². The number of aromatic hydroxyl groups is 1. The summed E-state index contributed by atoms with van der Waals surface area (Å²) in [6, 6.07) is 9.77. The molecule has 4 amide bonds. The number of nitrogens with zero attached hydrogens (tertiary/aromatic N) is 2. The first-order chi connectivity index (χ1) is 23.5. The van der Waals surface area contributed by atoms with Crippen LogP contribution in [0.15, 0.2) is 54.1 Å². The molecule has 1 saturated carbocycles. The van der Waals surface area contributed by atoms with Crippen molar-refractivity contribution in [3.8, 4) is 5.75 Å². The lowest BCUT2D eigenvalue weighted by Gasteiger charge is -2.50. The van der Waals surface area contributed by atoms with E-state index in [-0.39, 0.29) is 45.2 Å². The number of carbonyl (C=O) groups is 5. The number of amides is 4. The molecule has 8 nitrogen and oxygen atoms in total. The van der Waals surface area contributed by atoms with Crippen LogP contribution in [-0.4, -0.2) is 44.3 Å². The molecule has 3 aromatic rings. The minimum Gasteiger partial charge on any atom is -0.508 e. The summed E-state index contributed by atoms with van der Waals surface area (Å²) in [5.41, 5.74) is -0.645. The van der Waals surface area contributed by atoms with Crippen molar-refractivity contribution < 1.29 is 51.0 Å². The number of allylic oxidation sites excluding steroid dienone is 2. The molecule has 6 atom stereocenters. The highest BCUT2D eigenvalue weighted by Crippen LogP contribution is 2.66. The van der Waals surface area contributed by atoms with Gasteiger partial charge in [-0.15, -0.1) is 23.2 Å². The van der Waals surface area contributed by atoms with Gasteiger partial charge in [-0.1, -0.05) is 23.8 Å². The molecule has 0 unspecified atom stereocenters. The SMILES string of the molecule is CC(=O)c1ccc(N2C(=O)[C@H]3[C@H](CC=C4[C@H]3C[C@@]3(Cl)C(=O)N(c5c(F)c(F)c(F)c(F)c5F)C(=O)[C@@]3(Cl)[C@H]4c3ccc(O)c(C)c3)C2=O)cc1. The van der Waals surface area contributed by atoms with E-state index in [0.29, 0.717) is 5.56 Å². The first-order valence-corrected chi connectivity index (χ1v) is 16.0. The maximum atomic E-state index is 15.2. The van der Waals surface area contributed by atoms with Crippen molar-refractivity contribution in [2.75, 3.05) is 9.80 Å². The Hall–Kier alpha value is -4.62. The molecule has 2 saturated heterocycles. The molecule has 2 heterocycles. The lowest BCUT2D eigenvalue weighted by atomic mass is 9.56. The van der Waals surface area contributed by atoms with Crippen molar-refractivity contribution >= 4 is 64.0 Å². The number of carbonyl (C=O) groups excluding carboxylic acids is 5. The highest BCUT2D eigenvalue weighted by molar-refractivity contribution is 6.58. The smallest absolute Gasteiger partial charge is 0.258 e. The predicted octanol–water partition coefficient (Wildman–Crippen LogP) is 6.37. The van der Waals surface area contributed by atoms with Gasteiger partial charge in [-0.2, -0.15) is 0 Å². The minimum atomic E-state index is -2.67. The number of benzene rings is 3. The number of hydrogen-bond acceptors (Lipinski definition) is 6. The van der Waals surface area contributed by atoms with Gasteiger partial charge in [0.05, 0.1) is 17.5 Å². The Bertz CT molecular complexity index is 2110. The van der Waals surface area contributed by atoms with Crippen LogP contribution in [0.5, 0.6) is 5.75 Å². The van der Waals surface area contributed by atoms with E-state index in [0.717, 1.165) is 4.90 Å². The van der Waals surface area contributed by atoms with Gasteiger partial charge in [0.1, 0.15) is 11.4 Å². The Kier molecular flexibility index (Phi) is 7.58. The zero-order valence-electron chi connectivity index (χ0n) is 25.9. The molecule has 2 aliphatic carbocycles. The number of anilines is 2. The van der Waals surface area contributed by atoms with Gasteiger partial charge in [-0.05, 0) is 74.1 Å². The molecule has 0 radical (unpaired) electrons. The molecule has 0 spiro atoms. The van der Waals surface area contributed by atoms with Gasteiger partial charge in [0.25, 0.3) is 11.8 Å². The summed E-state index contributed by atoms with van der Waals surface area (Å²) in [7, 11) is 0. The van der Waals surface area contributed by atoms with Crippen LogP contribution in [0.2, 0.25) is 0 Å². The number of rotatable bonds is 4. The van der Waals surface area contributed by atoms with E-state index in [2.05, 4.69) is 0 Å². The second kappa shape index (κ2) is 11.2. The fourth-order valence-corrected chi connectivity index (χ4v) is 8.83. The monoisotopic (exact) mass is 732 g/mol. The van der Waals surface area contributed by atoms with Gasteiger partial charge >= 0.3 is 0 Å². The lowest BCUT2D eigenvalue weighted by molar-refractivity contribution is -0.125. The highest BCUT2D eigenvalue weighted by Gasteiger charge is 2.77. The fraction of sp³-hybridized carbons (Fsp3) is 0.286. The standard InChI is InChI=1S/C35H23Cl2F5N2O6/c1-13-11-16(5-10-21(13)46)23-18-8-9-19-22(31(48)43(30(19)47)17-6-3-15(4-7-17)14(2)45)20(18)12-34(36)32(49)44(33(50)35(23,34)37)29-27(41)25(39)24(38)26(40)28(29)42/h3-8,10-11,19-20,22-23,46H,9,12H2,1-2H3/t19-,20+,22-,23-,34+,35-/m0/s1. The third kappa shape index (κ3) is 4.25. The second-order valence-electron chi connectivity index (χ2n) is 12.9. The molecule has 0 aromatic heterocycles. The van der Waals surface area contributed by atoms with Crippen LogP contribution >= 0.6 is 23.2 Å². The Morgan fingerprint density at radius 2 is 1.42 bits per heavy atom. The zero-order valence-corrected chi connectivity index (χ0v) is 27.4. The Morgan fingerprint density at radius 3 is 2.00 bits per heavy atom. The molecule has 15 heteroatoms. The van der Waals surface area contributed by atoms with Gasteiger partial charge in [0.15, 0.2) is 38.8 Å². The van der Waals surface area contributed by atoms with Crippen LogP contribution in [-0.2, 0) is 19.2 Å². The minimum absolute atomic E-state index is 0.0393. The molecule has 4 aliphatic rings. The van der Waals surface area contributed by atoms with Crippen molar-refractivity contribution in [1.82, 2.24) is 0 Å². The summed E-state index contributed by atoms with van der Waals surface area (Å²) in [5.74, 6) is -21.9. The summed E-state index contributed by atoms with van der Waals surface area (Å²) < 4.78 is 73.2. The Morgan fingerprint density at radius 1 is 0.820 bits per heavy atom. The molecule has 3 aromatic carbocycles. The first-order valence-electron chi connectivity index (χ1n) is 15.2. The summed E-state index contributed by atoms with van der Waals surface area (Å²) in [6.45, 7) is 2.86. The van der Waals surface area contributed by atoms with E-state index < -0.39 is 98.2 Å². The maximum absolute atomic E-state index is 15.2. The van der Waals surface area contributed by atoms with E-state index in [1.807, 2.05) is 0 Å². The normalized spacial score (nSPS) is 28.9. The number of halogens is 7. The van der Waals surface area contributed by atoms with Gasteiger partial charge < -0.3 is 5.11 Å². The molecule has 7 rings (SSSR count). The third-order valence-corrected chi connectivity index (χ3v) is 11.7. The second-order valence-corrected chi connectivity index (χ2v) is 14.1. The van der Waals surface area contributed by atoms with E-state index in [9.17, 15) is 42.3 Å². The van der Waals surface area contributed by atoms with Crippen molar-refractivity contribution in [3.63, 3.8) is 0 Å². The van der Waals surface area contributed by atoms with Gasteiger partial charge in [0.2, 0.25) is 17.6 Å². The average Bonchev–Trinajstić information content (AvgIpc) is 3.42. The summed E-state index contributed by atoms with van der Waals surface area (Å²) >= 11 is 14.2. The molecule has 50 heavy (non-hydrogen) atoms. The Balaban J connectivity index is 1.41. The van der Waals surface area contributed by atoms with E-state index in [4.69, 9.17) is 23.2 Å². The highest BCUT2D eigenvalue weighted by atomic mass is 35.5.